The van der Waals surface area contributed by atoms with Crippen LogP contribution in [0, 0.1) is 0 Å². The van der Waals surface area contributed by atoms with Gasteiger partial charge in [-0.3, -0.25) is 14.4 Å². The zero-order valence-corrected chi connectivity index (χ0v) is 38.8. The number of hydrogen-bond donors (Lipinski definition) is 0. The quantitative estimate of drug-likeness (QED) is 0.0263. The molecule has 0 aromatic heterocycles. The molecule has 0 fully saturated rings. The summed E-state index contributed by atoms with van der Waals surface area (Å²) in [6.07, 6.45) is 57.7. The molecule has 0 saturated carbocycles. The van der Waals surface area contributed by atoms with E-state index in [1.807, 2.05) is 0 Å². The van der Waals surface area contributed by atoms with E-state index in [-0.39, 0.29) is 31.1 Å². The lowest BCUT2D eigenvalue weighted by Gasteiger charge is -2.18. The molecule has 0 aliphatic heterocycles. The predicted octanol–water partition coefficient (Wildman–Crippen LogP) is 16.1. The van der Waals surface area contributed by atoms with Gasteiger partial charge in [0.1, 0.15) is 13.2 Å². The fourth-order valence-corrected chi connectivity index (χ4v) is 6.69. The van der Waals surface area contributed by atoms with E-state index >= 15 is 0 Å². The van der Waals surface area contributed by atoms with Gasteiger partial charge in [-0.05, 0) is 96.3 Å². The Balaban J connectivity index is 4.36. The maximum atomic E-state index is 12.7. The molecule has 340 valence electrons. The van der Waals surface area contributed by atoms with Crippen molar-refractivity contribution in [1.29, 1.82) is 0 Å². The van der Waals surface area contributed by atoms with E-state index in [1.165, 1.54) is 83.5 Å². The first-order valence-electron chi connectivity index (χ1n) is 24.8. The largest absolute Gasteiger partial charge is 0.462 e. The molecule has 0 radical (unpaired) electrons. The van der Waals surface area contributed by atoms with Crippen LogP contribution in [0.1, 0.15) is 239 Å². The van der Waals surface area contributed by atoms with Crippen molar-refractivity contribution in [1.82, 2.24) is 0 Å². The average molecular weight is 825 g/mol. The summed E-state index contributed by atoms with van der Waals surface area (Å²) in [5.74, 6) is -0.920. The third-order valence-corrected chi connectivity index (χ3v) is 10.4. The molecule has 59 heavy (non-hydrogen) atoms. The molecule has 0 amide bonds. The number of carbonyl (C=O) groups excluding carboxylic acids is 3. The lowest BCUT2D eigenvalue weighted by atomic mass is 10.1. The number of carbonyl (C=O) groups is 3. The molecule has 0 aliphatic rings. The average Bonchev–Trinajstić information content (AvgIpc) is 3.23. The summed E-state index contributed by atoms with van der Waals surface area (Å²) in [7, 11) is 0. The van der Waals surface area contributed by atoms with Gasteiger partial charge in [0.2, 0.25) is 0 Å². The van der Waals surface area contributed by atoms with Crippen molar-refractivity contribution in [2.24, 2.45) is 0 Å². The number of allylic oxidation sites excluding steroid dienone is 10. The van der Waals surface area contributed by atoms with Gasteiger partial charge in [-0.25, -0.2) is 0 Å². The van der Waals surface area contributed by atoms with Gasteiger partial charge in [-0.15, -0.1) is 0 Å². The minimum atomic E-state index is -0.786. The van der Waals surface area contributed by atoms with E-state index in [0.29, 0.717) is 19.3 Å². The maximum absolute atomic E-state index is 12.7. The summed E-state index contributed by atoms with van der Waals surface area (Å²) < 4.78 is 16.7. The Kier molecular flexibility index (Phi) is 45.4. The van der Waals surface area contributed by atoms with E-state index in [1.54, 1.807) is 0 Å². The highest BCUT2D eigenvalue weighted by molar-refractivity contribution is 5.71. The van der Waals surface area contributed by atoms with Gasteiger partial charge in [0.15, 0.2) is 6.10 Å². The lowest BCUT2D eigenvalue weighted by Crippen LogP contribution is -2.30. The number of hydrogen-bond acceptors (Lipinski definition) is 6. The fraction of sp³-hybridized carbons (Fsp3) is 0.755. The Bertz CT molecular complexity index is 1090. The minimum absolute atomic E-state index is 0.0871. The van der Waals surface area contributed by atoms with Crippen molar-refractivity contribution < 1.29 is 28.6 Å². The molecule has 1 atom stereocenters. The first-order valence-corrected chi connectivity index (χ1v) is 24.8. The van der Waals surface area contributed by atoms with Crippen LogP contribution >= 0.6 is 0 Å². The molecule has 1 unspecified atom stereocenters. The predicted molar refractivity (Wildman–Crippen MR) is 251 cm³/mol. The standard InChI is InChI=1S/C53H92O6/c1-4-7-10-13-16-19-22-24-25-26-27-28-30-31-34-37-40-43-46-52(55)58-49-50(48-57-51(54)45-42-39-36-33-21-18-15-12-9-6-3)59-53(56)47-44-41-38-35-32-29-23-20-17-14-11-8-5-2/h11-12,14-15,19-20,22-23,25-26,50H,4-10,13,16-18,21,24,27-49H2,1-3H3/b14-11-,15-12-,22-19-,23-20-,26-25-. The van der Waals surface area contributed by atoms with Crippen molar-refractivity contribution in [3.63, 3.8) is 0 Å². The zero-order valence-electron chi connectivity index (χ0n) is 38.8. The smallest absolute Gasteiger partial charge is 0.306 e. The second-order valence-corrected chi connectivity index (χ2v) is 16.4. The summed E-state index contributed by atoms with van der Waals surface area (Å²) in [6, 6.07) is 0. The summed E-state index contributed by atoms with van der Waals surface area (Å²) >= 11 is 0. The van der Waals surface area contributed by atoms with E-state index < -0.39 is 6.10 Å². The van der Waals surface area contributed by atoms with Gasteiger partial charge in [-0.1, -0.05) is 184 Å². The van der Waals surface area contributed by atoms with Crippen molar-refractivity contribution in [3.8, 4) is 0 Å². The molecule has 0 rings (SSSR count). The Labute approximate surface area is 364 Å². The Hall–Kier alpha value is -2.89. The SMILES string of the molecule is CCC/C=C\C/C=C\CCCCCCCC(=O)OC(COC(=O)CCCCCCC/C=C\CCC)COC(=O)CCCCCCCCC/C=C\C/C=C\CCCCCC. The van der Waals surface area contributed by atoms with Crippen LogP contribution in [0.2, 0.25) is 0 Å². The zero-order chi connectivity index (χ0) is 43.0. The number of rotatable bonds is 44. The summed E-state index contributed by atoms with van der Waals surface area (Å²) in [5.41, 5.74) is 0. The molecule has 0 aromatic rings. The molecule has 0 saturated heterocycles. The molecule has 6 heteroatoms. The minimum Gasteiger partial charge on any atom is -0.462 e. The van der Waals surface area contributed by atoms with E-state index in [0.717, 1.165) is 116 Å². The Morgan fingerprint density at radius 1 is 0.339 bits per heavy atom. The number of ether oxygens (including phenoxy) is 3. The van der Waals surface area contributed by atoms with E-state index in [9.17, 15) is 14.4 Å². The second kappa shape index (κ2) is 47.8. The summed E-state index contributed by atoms with van der Waals surface area (Å²) in [6.45, 7) is 6.46. The van der Waals surface area contributed by atoms with Crippen molar-refractivity contribution >= 4 is 17.9 Å². The lowest BCUT2D eigenvalue weighted by molar-refractivity contribution is -0.167. The molecule has 0 N–H and O–H groups in total. The van der Waals surface area contributed by atoms with Crippen molar-refractivity contribution in [2.75, 3.05) is 13.2 Å². The molecular formula is C53H92O6. The van der Waals surface area contributed by atoms with Gasteiger partial charge in [0.05, 0.1) is 0 Å². The highest BCUT2D eigenvalue weighted by Crippen LogP contribution is 2.14. The highest BCUT2D eigenvalue weighted by Gasteiger charge is 2.19. The molecule has 0 spiro atoms. The van der Waals surface area contributed by atoms with E-state index in [2.05, 4.69) is 81.5 Å². The van der Waals surface area contributed by atoms with Crippen LogP contribution < -0.4 is 0 Å². The van der Waals surface area contributed by atoms with E-state index in [4.69, 9.17) is 14.2 Å². The maximum Gasteiger partial charge on any atom is 0.306 e. The van der Waals surface area contributed by atoms with Crippen LogP contribution in [-0.2, 0) is 28.6 Å². The van der Waals surface area contributed by atoms with Crippen LogP contribution in [0.5, 0.6) is 0 Å². The summed E-state index contributed by atoms with van der Waals surface area (Å²) in [5, 5.41) is 0. The van der Waals surface area contributed by atoms with Gasteiger partial charge < -0.3 is 14.2 Å². The molecule has 0 aliphatic carbocycles. The fourth-order valence-electron chi connectivity index (χ4n) is 6.69. The van der Waals surface area contributed by atoms with Crippen LogP contribution in [0.3, 0.4) is 0 Å². The van der Waals surface area contributed by atoms with Gasteiger partial charge in [-0.2, -0.15) is 0 Å². The molecule has 0 bridgehead atoms. The van der Waals surface area contributed by atoms with Crippen molar-refractivity contribution in [2.45, 2.75) is 245 Å². The molecular weight excluding hydrogens is 733 g/mol. The van der Waals surface area contributed by atoms with Crippen molar-refractivity contribution in [3.05, 3.63) is 60.8 Å². The van der Waals surface area contributed by atoms with Crippen LogP contribution in [0.4, 0.5) is 0 Å². The highest BCUT2D eigenvalue weighted by atomic mass is 16.6. The molecule has 6 nitrogen and oxygen atoms in total. The molecule has 0 heterocycles. The van der Waals surface area contributed by atoms with Crippen LogP contribution in [-0.4, -0.2) is 37.2 Å². The normalized spacial score (nSPS) is 12.5. The Morgan fingerprint density at radius 2 is 0.644 bits per heavy atom. The Morgan fingerprint density at radius 3 is 1.03 bits per heavy atom. The number of esters is 3. The van der Waals surface area contributed by atoms with Crippen LogP contribution in [0.15, 0.2) is 60.8 Å². The van der Waals surface area contributed by atoms with Crippen LogP contribution in [0.25, 0.3) is 0 Å². The third-order valence-electron chi connectivity index (χ3n) is 10.4. The van der Waals surface area contributed by atoms with Gasteiger partial charge in [0.25, 0.3) is 0 Å². The van der Waals surface area contributed by atoms with Gasteiger partial charge >= 0.3 is 17.9 Å². The monoisotopic (exact) mass is 825 g/mol. The summed E-state index contributed by atoms with van der Waals surface area (Å²) in [4.78, 5) is 37.8. The molecule has 0 aromatic carbocycles. The first-order chi connectivity index (χ1) is 29.0. The second-order valence-electron chi connectivity index (χ2n) is 16.4. The van der Waals surface area contributed by atoms with Gasteiger partial charge in [0, 0.05) is 19.3 Å². The third kappa shape index (κ3) is 46.0. The number of unbranched alkanes of at least 4 members (excludes halogenated alkanes) is 23. The topological polar surface area (TPSA) is 78.9 Å². The first kappa shape index (κ1) is 56.1.